The van der Waals surface area contributed by atoms with Gasteiger partial charge in [-0.3, -0.25) is 9.59 Å². The molecule has 2 N–H and O–H groups in total. The van der Waals surface area contributed by atoms with Crippen molar-refractivity contribution in [3.8, 4) is 0 Å². The van der Waals surface area contributed by atoms with Crippen molar-refractivity contribution in [1.82, 2.24) is 10.2 Å². The molecule has 27 heavy (non-hydrogen) atoms. The molecule has 2 fully saturated rings. The Hall–Kier alpha value is -2.73. The molecule has 2 aromatic carbocycles. The summed E-state index contributed by atoms with van der Waals surface area (Å²) in [5, 5.41) is 6.10. The second kappa shape index (κ2) is 7.12. The van der Waals surface area contributed by atoms with Gasteiger partial charge in [-0.15, -0.1) is 0 Å². The summed E-state index contributed by atoms with van der Waals surface area (Å²) in [6, 6.07) is 11.1. The Balaban J connectivity index is 1.52. The molecule has 0 bridgehead atoms. The average molecular weight is 367 g/mol. The van der Waals surface area contributed by atoms with Gasteiger partial charge in [0.05, 0.1) is 5.56 Å². The van der Waals surface area contributed by atoms with Crippen LogP contribution in [0.15, 0.2) is 42.5 Å². The van der Waals surface area contributed by atoms with Crippen molar-refractivity contribution >= 4 is 17.5 Å². The predicted molar refractivity (Wildman–Crippen MR) is 101 cm³/mol. The number of anilines is 1. The van der Waals surface area contributed by atoms with Crippen molar-refractivity contribution in [3.05, 3.63) is 65.0 Å². The summed E-state index contributed by atoms with van der Waals surface area (Å²) in [4.78, 5) is 27.2. The first-order chi connectivity index (χ1) is 13.0. The Kier molecular flexibility index (Phi) is 4.66. The molecule has 2 aromatic rings. The number of carbonyl (C=O) groups is 2. The van der Waals surface area contributed by atoms with E-state index >= 15 is 0 Å². The highest BCUT2D eigenvalue weighted by Crippen LogP contribution is 2.28. The number of halogens is 1. The Morgan fingerprint density at radius 3 is 2.52 bits per heavy atom. The minimum atomic E-state index is -0.572. The van der Waals surface area contributed by atoms with Crippen LogP contribution in [0.3, 0.4) is 0 Å². The lowest BCUT2D eigenvalue weighted by atomic mass is 10.0. The summed E-state index contributed by atoms with van der Waals surface area (Å²) in [6.45, 7) is 5.30. The van der Waals surface area contributed by atoms with Crippen LogP contribution >= 0.6 is 0 Å². The van der Waals surface area contributed by atoms with Crippen LogP contribution in [0.5, 0.6) is 0 Å². The number of nitrogens with zero attached hydrogens (tertiary/aromatic N) is 1. The van der Waals surface area contributed by atoms with Crippen molar-refractivity contribution < 1.29 is 14.0 Å². The van der Waals surface area contributed by atoms with Gasteiger partial charge in [-0.1, -0.05) is 18.2 Å². The number of amides is 2. The summed E-state index contributed by atoms with van der Waals surface area (Å²) >= 11 is 0. The zero-order chi connectivity index (χ0) is 19.0. The Labute approximate surface area is 157 Å². The van der Waals surface area contributed by atoms with Crippen molar-refractivity contribution in [2.75, 3.05) is 31.5 Å². The van der Waals surface area contributed by atoms with Crippen LogP contribution in [-0.2, 0) is 0 Å². The Bertz CT molecular complexity index is 887. The van der Waals surface area contributed by atoms with Gasteiger partial charge in [0.15, 0.2) is 0 Å². The van der Waals surface area contributed by atoms with E-state index in [-0.39, 0.29) is 11.5 Å². The number of hydrogen-bond donors (Lipinski definition) is 2. The van der Waals surface area contributed by atoms with Gasteiger partial charge in [-0.25, -0.2) is 4.39 Å². The molecule has 2 heterocycles. The second-order valence-corrected chi connectivity index (χ2v) is 7.35. The van der Waals surface area contributed by atoms with Crippen LogP contribution in [0.4, 0.5) is 10.1 Å². The largest absolute Gasteiger partial charge is 0.338 e. The fraction of sp³-hybridized carbons (Fsp3) is 0.333. The molecule has 0 unspecified atom stereocenters. The van der Waals surface area contributed by atoms with Gasteiger partial charge in [0.25, 0.3) is 11.8 Å². The zero-order valence-electron chi connectivity index (χ0n) is 15.2. The summed E-state index contributed by atoms with van der Waals surface area (Å²) in [7, 11) is 0. The van der Waals surface area contributed by atoms with Crippen LogP contribution in [-0.4, -0.2) is 42.9 Å². The predicted octanol–water partition coefficient (Wildman–Crippen LogP) is 2.68. The lowest BCUT2D eigenvalue weighted by Gasteiger charge is -2.18. The molecule has 0 aliphatic carbocycles. The number of likely N-dealkylation sites (tertiary alicyclic amines) is 1. The van der Waals surface area contributed by atoms with Gasteiger partial charge in [0, 0.05) is 37.4 Å². The van der Waals surface area contributed by atoms with E-state index in [0.717, 1.165) is 31.7 Å². The number of rotatable bonds is 3. The van der Waals surface area contributed by atoms with Gasteiger partial charge in [-0.05, 0) is 48.6 Å². The van der Waals surface area contributed by atoms with Gasteiger partial charge >= 0.3 is 0 Å². The number of nitrogens with one attached hydrogen (secondary N) is 2. The number of fused-ring (bicyclic) bond motifs is 1. The van der Waals surface area contributed by atoms with Crippen molar-refractivity contribution in [1.29, 1.82) is 0 Å². The summed E-state index contributed by atoms with van der Waals surface area (Å²) in [6.07, 6.45) is 0. The van der Waals surface area contributed by atoms with E-state index in [0.29, 0.717) is 23.1 Å². The SMILES string of the molecule is Cc1ccc(C(=O)N2C[C@H]3CNC[C@H]3C2)cc1NC(=O)c1ccccc1F. The third-order valence-electron chi connectivity index (χ3n) is 5.53. The monoisotopic (exact) mass is 367 g/mol. The molecular weight excluding hydrogens is 345 g/mol. The van der Waals surface area contributed by atoms with Gasteiger partial charge in [-0.2, -0.15) is 0 Å². The van der Waals surface area contributed by atoms with E-state index in [9.17, 15) is 14.0 Å². The maximum Gasteiger partial charge on any atom is 0.258 e. The normalized spacial score (nSPS) is 21.2. The Morgan fingerprint density at radius 1 is 1.11 bits per heavy atom. The number of aryl methyl sites for hydroxylation is 1. The molecule has 5 nitrogen and oxygen atoms in total. The molecule has 2 aliphatic rings. The molecule has 0 saturated carbocycles. The van der Waals surface area contributed by atoms with Crippen LogP contribution < -0.4 is 10.6 Å². The fourth-order valence-electron chi connectivity index (χ4n) is 3.93. The fourth-order valence-corrected chi connectivity index (χ4v) is 3.93. The first kappa shape index (κ1) is 17.7. The number of carbonyl (C=O) groups excluding carboxylic acids is 2. The molecule has 2 amide bonds. The van der Waals surface area contributed by atoms with E-state index in [1.807, 2.05) is 17.9 Å². The van der Waals surface area contributed by atoms with Gasteiger partial charge in [0.1, 0.15) is 5.82 Å². The molecular formula is C21H22FN3O2. The molecule has 2 atom stereocenters. The quantitative estimate of drug-likeness (QED) is 0.877. The maximum atomic E-state index is 13.8. The van der Waals surface area contributed by atoms with E-state index in [1.165, 1.54) is 18.2 Å². The molecule has 2 saturated heterocycles. The minimum absolute atomic E-state index is 0.0199. The highest BCUT2D eigenvalue weighted by atomic mass is 19.1. The molecule has 4 rings (SSSR count). The van der Waals surface area contributed by atoms with Crippen LogP contribution in [0.1, 0.15) is 26.3 Å². The molecule has 0 radical (unpaired) electrons. The maximum absolute atomic E-state index is 13.8. The van der Waals surface area contributed by atoms with Crippen LogP contribution in [0, 0.1) is 24.6 Å². The summed E-state index contributed by atoms with van der Waals surface area (Å²) < 4.78 is 13.8. The lowest BCUT2D eigenvalue weighted by molar-refractivity contribution is 0.0781. The number of hydrogen-bond acceptors (Lipinski definition) is 3. The molecule has 6 heteroatoms. The third-order valence-corrected chi connectivity index (χ3v) is 5.53. The molecule has 2 aliphatic heterocycles. The van der Waals surface area contributed by atoms with Crippen LogP contribution in [0.2, 0.25) is 0 Å². The first-order valence-electron chi connectivity index (χ1n) is 9.19. The summed E-state index contributed by atoms with van der Waals surface area (Å²) in [5.41, 5.74) is 1.86. The molecule has 0 aromatic heterocycles. The Morgan fingerprint density at radius 2 is 1.81 bits per heavy atom. The van der Waals surface area contributed by atoms with Gasteiger partial charge < -0.3 is 15.5 Å². The van der Waals surface area contributed by atoms with E-state index in [1.54, 1.807) is 18.2 Å². The minimum Gasteiger partial charge on any atom is -0.338 e. The molecule has 140 valence electrons. The van der Waals surface area contributed by atoms with E-state index in [2.05, 4.69) is 10.6 Å². The van der Waals surface area contributed by atoms with Crippen LogP contribution in [0.25, 0.3) is 0 Å². The average Bonchev–Trinajstić information content (AvgIpc) is 3.25. The van der Waals surface area contributed by atoms with Crippen molar-refractivity contribution in [3.63, 3.8) is 0 Å². The summed E-state index contributed by atoms with van der Waals surface area (Å²) in [5.74, 6) is -0.0651. The lowest BCUT2D eigenvalue weighted by Crippen LogP contribution is -2.32. The zero-order valence-corrected chi connectivity index (χ0v) is 15.2. The highest BCUT2D eigenvalue weighted by Gasteiger charge is 2.38. The third kappa shape index (κ3) is 3.45. The highest BCUT2D eigenvalue weighted by molar-refractivity contribution is 6.05. The van der Waals surface area contributed by atoms with E-state index in [4.69, 9.17) is 0 Å². The smallest absolute Gasteiger partial charge is 0.258 e. The standard InChI is InChI=1S/C21H22FN3O2/c1-13-6-7-14(21(27)25-11-15-9-23-10-16(15)12-25)8-19(13)24-20(26)17-4-2-3-5-18(17)22/h2-8,15-16,23H,9-12H2,1H3,(H,24,26)/t15-,16+. The topological polar surface area (TPSA) is 61.4 Å². The molecule has 0 spiro atoms. The first-order valence-corrected chi connectivity index (χ1v) is 9.19. The second-order valence-electron chi connectivity index (χ2n) is 7.35. The van der Waals surface area contributed by atoms with Crippen molar-refractivity contribution in [2.24, 2.45) is 11.8 Å². The van der Waals surface area contributed by atoms with Gasteiger partial charge in [0.2, 0.25) is 0 Å². The number of benzene rings is 2. The van der Waals surface area contributed by atoms with Crippen molar-refractivity contribution in [2.45, 2.75) is 6.92 Å². The van der Waals surface area contributed by atoms with E-state index < -0.39 is 11.7 Å².